The first kappa shape index (κ1) is 53.5. The zero-order chi connectivity index (χ0) is 39.9. The number of phosphoric acid groups is 1. The number of likely N-dealkylation sites (N-methyl/N-ethyl adjacent to an activating group) is 1. The SMILES string of the molecule is CCCCCCCCCCCCCCCCCCCCCCCCCCC(=O)OC(COCCCCCCCCCC)COP(=O)(O)OCC[N+](C)(C)C. The van der Waals surface area contributed by atoms with Gasteiger partial charge >= 0.3 is 13.8 Å². The van der Waals surface area contributed by atoms with Crippen LogP contribution in [0.15, 0.2) is 0 Å². The number of quaternary nitrogens is 1. The lowest BCUT2D eigenvalue weighted by atomic mass is 10.0. The number of phosphoric ester groups is 1. The van der Waals surface area contributed by atoms with Gasteiger partial charge in [0.15, 0.2) is 0 Å². The molecule has 0 heterocycles. The van der Waals surface area contributed by atoms with Crippen molar-refractivity contribution in [2.75, 3.05) is 54.1 Å². The summed E-state index contributed by atoms with van der Waals surface area (Å²) in [6.07, 6.45) is 41.5. The van der Waals surface area contributed by atoms with Crippen LogP contribution in [0.1, 0.15) is 226 Å². The topological polar surface area (TPSA) is 91.3 Å². The van der Waals surface area contributed by atoms with E-state index in [1.807, 2.05) is 21.1 Å². The molecule has 0 aromatic carbocycles. The van der Waals surface area contributed by atoms with Gasteiger partial charge in [0.25, 0.3) is 0 Å². The van der Waals surface area contributed by atoms with Crippen LogP contribution in [0.3, 0.4) is 0 Å². The van der Waals surface area contributed by atoms with Gasteiger partial charge in [0.2, 0.25) is 0 Å². The van der Waals surface area contributed by atoms with Gasteiger partial charge in [0, 0.05) is 13.0 Å². The summed E-state index contributed by atoms with van der Waals surface area (Å²) in [5, 5.41) is 0. The van der Waals surface area contributed by atoms with Crippen LogP contribution in [0.2, 0.25) is 0 Å². The van der Waals surface area contributed by atoms with Crippen molar-refractivity contribution >= 4 is 13.8 Å². The molecule has 0 aliphatic heterocycles. The van der Waals surface area contributed by atoms with E-state index in [0.29, 0.717) is 24.1 Å². The minimum Gasteiger partial charge on any atom is -0.457 e. The van der Waals surface area contributed by atoms with E-state index in [4.69, 9.17) is 18.5 Å². The summed E-state index contributed by atoms with van der Waals surface area (Å²) >= 11 is 0. The first-order valence-electron chi connectivity index (χ1n) is 23.3. The Hall–Kier alpha value is -0.500. The lowest BCUT2D eigenvalue weighted by Crippen LogP contribution is -2.37. The molecule has 2 atom stereocenters. The van der Waals surface area contributed by atoms with Crippen molar-refractivity contribution in [2.24, 2.45) is 0 Å². The van der Waals surface area contributed by atoms with Gasteiger partial charge in [-0.15, -0.1) is 0 Å². The summed E-state index contributed by atoms with van der Waals surface area (Å²) in [4.78, 5) is 22.8. The lowest BCUT2D eigenvalue weighted by molar-refractivity contribution is -0.870. The molecular formula is C45H93NO7P+. The molecule has 0 amide bonds. The number of hydrogen-bond donors (Lipinski definition) is 1. The second-order valence-electron chi connectivity index (χ2n) is 17.2. The monoisotopic (exact) mass is 791 g/mol. The number of esters is 1. The Morgan fingerprint density at radius 1 is 0.500 bits per heavy atom. The number of unbranched alkanes of at least 4 members (excludes halogenated alkanes) is 30. The van der Waals surface area contributed by atoms with E-state index in [-0.39, 0.29) is 25.8 Å². The predicted molar refractivity (Wildman–Crippen MR) is 229 cm³/mol. The molecule has 324 valence electrons. The van der Waals surface area contributed by atoms with Crippen LogP contribution in [0.4, 0.5) is 0 Å². The van der Waals surface area contributed by atoms with Crippen LogP contribution in [0.5, 0.6) is 0 Å². The maximum atomic E-state index is 12.7. The number of hydrogen-bond acceptors (Lipinski definition) is 6. The van der Waals surface area contributed by atoms with E-state index < -0.39 is 13.9 Å². The normalized spacial score (nSPS) is 13.7. The summed E-state index contributed by atoms with van der Waals surface area (Å²) in [6, 6.07) is 0. The minimum atomic E-state index is -4.26. The van der Waals surface area contributed by atoms with Gasteiger partial charge in [-0.05, 0) is 12.8 Å². The number of rotatable bonds is 44. The number of carbonyl (C=O) groups is 1. The average molecular weight is 791 g/mol. The zero-order valence-corrected chi connectivity index (χ0v) is 37.6. The molecule has 0 saturated carbocycles. The summed E-state index contributed by atoms with van der Waals surface area (Å²) in [5.41, 5.74) is 0. The Morgan fingerprint density at radius 3 is 1.22 bits per heavy atom. The molecule has 0 saturated heterocycles. The fraction of sp³-hybridized carbons (Fsp3) is 0.978. The summed E-state index contributed by atoms with van der Waals surface area (Å²) < 4.78 is 34.9. The number of carbonyl (C=O) groups excluding carboxylic acids is 1. The van der Waals surface area contributed by atoms with Crippen LogP contribution < -0.4 is 0 Å². The predicted octanol–water partition coefficient (Wildman–Crippen LogP) is 13.7. The van der Waals surface area contributed by atoms with Gasteiger partial charge in [-0.25, -0.2) is 4.57 Å². The van der Waals surface area contributed by atoms with Crippen molar-refractivity contribution in [3.63, 3.8) is 0 Å². The third kappa shape index (κ3) is 42.6. The van der Waals surface area contributed by atoms with Crippen LogP contribution in [-0.2, 0) is 27.9 Å². The molecule has 0 spiro atoms. The second-order valence-corrected chi connectivity index (χ2v) is 18.6. The quantitative estimate of drug-likeness (QED) is 0.0284. The molecule has 1 N–H and O–H groups in total. The molecule has 0 aromatic heterocycles. The average Bonchev–Trinajstić information content (AvgIpc) is 3.12. The fourth-order valence-electron chi connectivity index (χ4n) is 6.79. The zero-order valence-electron chi connectivity index (χ0n) is 36.7. The van der Waals surface area contributed by atoms with Crippen LogP contribution in [0, 0.1) is 0 Å². The van der Waals surface area contributed by atoms with Gasteiger partial charge in [-0.3, -0.25) is 13.8 Å². The maximum absolute atomic E-state index is 12.7. The third-order valence-electron chi connectivity index (χ3n) is 10.4. The molecule has 0 radical (unpaired) electrons. The molecule has 8 nitrogen and oxygen atoms in total. The number of ether oxygens (including phenoxy) is 2. The first-order valence-corrected chi connectivity index (χ1v) is 24.8. The molecule has 0 aliphatic carbocycles. The Labute approximate surface area is 336 Å². The summed E-state index contributed by atoms with van der Waals surface area (Å²) in [7, 11) is 1.68. The van der Waals surface area contributed by atoms with E-state index in [2.05, 4.69) is 13.8 Å². The highest BCUT2D eigenvalue weighted by Crippen LogP contribution is 2.43. The smallest absolute Gasteiger partial charge is 0.457 e. The van der Waals surface area contributed by atoms with Crippen molar-refractivity contribution in [3.8, 4) is 0 Å². The van der Waals surface area contributed by atoms with Crippen molar-refractivity contribution < 1.29 is 37.3 Å². The van der Waals surface area contributed by atoms with E-state index in [1.165, 1.54) is 173 Å². The van der Waals surface area contributed by atoms with Crippen LogP contribution in [0.25, 0.3) is 0 Å². The highest BCUT2D eigenvalue weighted by molar-refractivity contribution is 7.47. The van der Waals surface area contributed by atoms with Crippen LogP contribution in [-0.4, -0.2) is 75.6 Å². The lowest BCUT2D eigenvalue weighted by Gasteiger charge is -2.24. The molecule has 0 fully saturated rings. The number of nitrogens with zero attached hydrogens (tertiary/aromatic N) is 1. The van der Waals surface area contributed by atoms with Gasteiger partial charge in [0.05, 0.1) is 34.4 Å². The Bertz CT molecular complexity index is 837. The molecule has 9 heteroatoms. The minimum absolute atomic E-state index is 0.0935. The molecule has 0 aromatic rings. The van der Waals surface area contributed by atoms with E-state index in [1.54, 1.807) is 0 Å². The summed E-state index contributed by atoms with van der Waals surface area (Å²) in [5.74, 6) is -0.309. The molecule has 0 aliphatic rings. The standard InChI is InChI=1S/C45H92NO7P/c1-6-8-10-12-14-16-17-18-19-20-21-22-23-24-25-26-27-28-29-30-31-32-34-36-38-45(47)53-44(42-50-40-37-35-33-15-13-11-9-7-2)43-52-54(48,49)51-41-39-46(3,4)5/h44H,6-43H2,1-5H3/p+1. The largest absolute Gasteiger partial charge is 0.472 e. The molecule has 54 heavy (non-hydrogen) atoms. The Morgan fingerprint density at radius 2 is 0.852 bits per heavy atom. The highest BCUT2D eigenvalue weighted by atomic mass is 31.2. The Kier molecular flexibility index (Phi) is 39.0. The van der Waals surface area contributed by atoms with Gasteiger partial charge in [0.1, 0.15) is 19.3 Å². The van der Waals surface area contributed by atoms with Crippen molar-refractivity contribution in [1.29, 1.82) is 0 Å². The van der Waals surface area contributed by atoms with Gasteiger partial charge in [-0.1, -0.05) is 206 Å². The van der Waals surface area contributed by atoms with Crippen molar-refractivity contribution in [2.45, 2.75) is 232 Å². The maximum Gasteiger partial charge on any atom is 0.472 e. The fourth-order valence-corrected chi connectivity index (χ4v) is 7.53. The Balaban J connectivity index is 3.95. The molecule has 0 rings (SSSR count). The third-order valence-corrected chi connectivity index (χ3v) is 11.4. The molecule has 2 unspecified atom stereocenters. The van der Waals surface area contributed by atoms with Crippen molar-refractivity contribution in [1.82, 2.24) is 0 Å². The van der Waals surface area contributed by atoms with E-state index in [0.717, 1.165) is 32.1 Å². The van der Waals surface area contributed by atoms with Crippen LogP contribution >= 0.6 is 7.82 Å². The van der Waals surface area contributed by atoms with Gasteiger partial charge in [-0.2, -0.15) is 0 Å². The summed E-state index contributed by atoms with van der Waals surface area (Å²) in [6.45, 7) is 5.65. The van der Waals surface area contributed by atoms with E-state index >= 15 is 0 Å². The molecule has 0 bridgehead atoms. The van der Waals surface area contributed by atoms with Crippen molar-refractivity contribution in [3.05, 3.63) is 0 Å². The van der Waals surface area contributed by atoms with Gasteiger partial charge < -0.3 is 18.9 Å². The second kappa shape index (κ2) is 39.3. The highest BCUT2D eigenvalue weighted by Gasteiger charge is 2.26. The molecular weight excluding hydrogens is 697 g/mol. The van der Waals surface area contributed by atoms with E-state index in [9.17, 15) is 14.3 Å². The first-order chi connectivity index (χ1) is 26.1.